The number of benzene rings is 1. The summed E-state index contributed by atoms with van der Waals surface area (Å²) >= 11 is 0. The molecule has 9 heteroatoms. The smallest absolute Gasteiger partial charge is 0.359 e. The van der Waals surface area contributed by atoms with Crippen molar-refractivity contribution in [3.63, 3.8) is 0 Å². The van der Waals surface area contributed by atoms with Crippen LogP contribution in [0.25, 0.3) is 11.0 Å². The summed E-state index contributed by atoms with van der Waals surface area (Å²) in [5.41, 5.74) is 6.74. The van der Waals surface area contributed by atoms with Crippen LogP contribution in [0.4, 0.5) is 0 Å². The molecule has 2 unspecified atom stereocenters. The lowest BCUT2D eigenvalue weighted by Crippen LogP contribution is -2.53. The Kier molecular flexibility index (Phi) is 5.24. The first-order chi connectivity index (χ1) is 10.9. The van der Waals surface area contributed by atoms with Gasteiger partial charge in [-0.15, -0.1) is 5.10 Å². The Labute approximate surface area is 132 Å². The number of aliphatic hydroxyl groups is 1. The molecule has 0 aliphatic heterocycles. The highest BCUT2D eigenvalue weighted by atomic mass is 16.7. The van der Waals surface area contributed by atoms with E-state index in [1.54, 1.807) is 38.1 Å². The monoisotopic (exact) mass is 321 g/mol. The average molecular weight is 321 g/mol. The number of para-hydroxylation sites is 1. The molecule has 0 saturated heterocycles. The fourth-order valence-electron chi connectivity index (χ4n) is 1.81. The van der Waals surface area contributed by atoms with Gasteiger partial charge < -0.3 is 21.0 Å². The molecule has 4 N–H and O–H groups in total. The number of fused-ring (bicyclic) bond motifs is 1. The summed E-state index contributed by atoms with van der Waals surface area (Å²) < 4.78 is 0. The van der Waals surface area contributed by atoms with Crippen molar-refractivity contribution >= 4 is 22.9 Å². The van der Waals surface area contributed by atoms with Crippen molar-refractivity contribution in [3.05, 3.63) is 24.3 Å². The predicted molar refractivity (Wildman–Crippen MR) is 80.9 cm³/mol. The van der Waals surface area contributed by atoms with Gasteiger partial charge in [0.2, 0.25) is 5.91 Å². The number of nitrogens with one attached hydrogen (secondary N) is 1. The van der Waals surface area contributed by atoms with Crippen LogP contribution < -0.4 is 15.9 Å². The van der Waals surface area contributed by atoms with E-state index in [-0.39, 0.29) is 5.92 Å². The quantitative estimate of drug-likeness (QED) is 0.572. The van der Waals surface area contributed by atoms with Crippen molar-refractivity contribution < 1.29 is 19.5 Å². The SMILES string of the molecule is CC(C)C(N)C(=O)NC(CO)C(=O)On1nnc2ccccc21. The molecule has 23 heavy (non-hydrogen) atoms. The standard InChI is InChI=1S/C14H19N5O4/c1-8(2)12(15)13(21)16-10(7-20)14(22)23-19-11-6-4-3-5-9(11)17-18-19/h3-6,8,10,12,20H,7,15H2,1-2H3,(H,16,21). The van der Waals surface area contributed by atoms with E-state index in [1.807, 2.05) is 0 Å². The van der Waals surface area contributed by atoms with Gasteiger partial charge >= 0.3 is 5.97 Å². The fourth-order valence-corrected chi connectivity index (χ4v) is 1.81. The molecule has 0 aliphatic carbocycles. The minimum absolute atomic E-state index is 0.107. The third kappa shape index (κ3) is 3.82. The van der Waals surface area contributed by atoms with Gasteiger partial charge in [0.05, 0.1) is 12.6 Å². The van der Waals surface area contributed by atoms with Crippen LogP contribution in [0.5, 0.6) is 0 Å². The lowest BCUT2D eigenvalue weighted by atomic mass is 10.0. The van der Waals surface area contributed by atoms with E-state index in [2.05, 4.69) is 15.6 Å². The highest BCUT2D eigenvalue weighted by molar-refractivity contribution is 5.88. The fraction of sp³-hybridized carbons (Fsp3) is 0.429. The molecule has 2 rings (SSSR count). The summed E-state index contributed by atoms with van der Waals surface area (Å²) in [5.74, 6) is -1.52. The Bertz CT molecular complexity index is 699. The number of hydrogen-bond acceptors (Lipinski definition) is 7. The number of carbonyl (C=O) groups excluding carboxylic acids is 2. The van der Waals surface area contributed by atoms with Crippen molar-refractivity contribution in [1.82, 2.24) is 20.5 Å². The zero-order valence-corrected chi connectivity index (χ0v) is 12.8. The van der Waals surface area contributed by atoms with E-state index in [0.29, 0.717) is 11.0 Å². The second kappa shape index (κ2) is 7.16. The summed E-state index contributed by atoms with van der Waals surface area (Å²) in [6, 6.07) is 4.86. The lowest BCUT2D eigenvalue weighted by molar-refractivity contribution is -0.150. The van der Waals surface area contributed by atoms with Crippen LogP contribution in [0.1, 0.15) is 13.8 Å². The highest BCUT2D eigenvalue weighted by Crippen LogP contribution is 2.08. The number of nitrogens with two attached hydrogens (primary N) is 1. The zero-order chi connectivity index (χ0) is 17.0. The summed E-state index contributed by atoms with van der Waals surface area (Å²) in [6.07, 6.45) is 0. The molecule has 0 fully saturated rings. The molecular weight excluding hydrogens is 302 g/mol. The van der Waals surface area contributed by atoms with E-state index in [9.17, 15) is 14.7 Å². The molecule has 9 nitrogen and oxygen atoms in total. The van der Waals surface area contributed by atoms with Gasteiger partial charge in [-0.25, -0.2) is 4.79 Å². The minimum atomic E-state index is -1.24. The Morgan fingerprint density at radius 2 is 2.09 bits per heavy atom. The van der Waals surface area contributed by atoms with E-state index >= 15 is 0 Å². The third-order valence-electron chi connectivity index (χ3n) is 3.30. The van der Waals surface area contributed by atoms with Gasteiger partial charge in [0, 0.05) is 0 Å². The van der Waals surface area contributed by atoms with E-state index < -0.39 is 30.6 Å². The second-order valence-electron chi connectivity index (χ2n) is 5.37. The van der Waals surface area contributed by atoms with Crippen LogP contribution in [0, 0.1) is 5.92 Å². The Morgan fingerprint density at radius 3 is 2.74 bits per heavy atom. The van der Waals surface area contributed by atoms with Gasteiger partial charge in [-0.05, 0) is 23.3 Å². The molecule has 0 radical (unpaired) electrons. The largest absolute Gasteiger partial charge is 0.394 e. The summed E-state index contributed by atoms with van der Waals surface area (Å²) in [6.45, 7) is 2.93. The zero-order valence-electron chi connectivity index (χ0n) is 12.8. The molecule has 0 spiro atoms. The number of carbonyl (C=O) groups is 2. The Balaban J connectivity index is 2.07. The van der Waals surface area contributed by atoms with Crippen molar-refractivity contribution in [1.29, 1.82) is 0 Å². The molecule has 1 aromatic carbocycles. The van der Waals surface area contributed by atoms with Crippen LogP contribution in [-0.2, 0) is 9.59 Å². The van der Waals surface area contributed by atoms with Crippen LogP contribution in [0.15, 0.2) is 24.3 Å². The minimum Gasteiger partial charge on any atom is -0.394 e. The van der Waals surface area contributed by atoms with Crippen LogP contribution in [-0.4, -0.2) is 50.8 Å². The second-order valence-corrected chi connectivity index (χ2v) is 5.37. The van der Waals surface area contributed by atoms with Crippen molar-refractivity contribution in [2.45, 2.75) is 25.9 Å². The number of aromatic nitrogens is 3. The summed E-state index contributed by atoms with van der Waals surface area (Å²) in [7, 11) is 0. The molecule has 1 amide bonds. The molecule has 124 valence electrons. The first-order valence-electron chi connectivity index (χ1n) is 7.13. The van der Waals surface area contributed by atoms with Gasteiger partial charge in [-0.3, -0.25) is 4.79 Å². The molecule has 0 aliphatic rings. The van der Waals surface area contributed by atoms with Gasteiger partial charge in [0.25, 0.3) is 0 Å². The normalized spacial score (nSPS) is 13.8. The number of aliphatic hydroxyl groups excluding tert-OH is 1. The van der Waals surface area contributed by atoms with E-state index in [4.69, 9.17) is 10.6 Å². The lowest BCUT2D eigenvalue weighted by Gasteiger charge is -2.19. The highest BCUT2D eigenvalue weighted by Gasteiger charge is 2.27. The van der Waals surface area contributed by atoms with Crippen LogP contribution in [0.3, 0.4) is 0 Å². The molecule has 0 saturated carbocycles. The number of amides is 1. The summed E-state index contributed by atoms with van der Waals surface area (Å²) in [4.78, 5) is 30.0. The first kappa shape index (κ1) is 16.8. The molecule has 1 aromatic heterocycles. The first-order valence-corrected chi connectivity index (χ1v) is 7.13. The third-order valence-corrected chi connectivity index (χ3v) is 3.30. The van der Waals surface area contributed by atoms with Gasteiger partial charge in [0.15, 0.2) is 6.04 Å². The molecule has 2 atom stereocenters. The molecular formula is C14H19N5O4. The molecule has 0 bridgehead atoms. The van der Waals surface area contributed by atoms with Crippen molar-refractivity contribution in [2.75, 3.05) is 6.61 Å². The van der Waals surface area contributed by atoms with Gasteiger partial charge in [-0.1, -0.05) is 30.8 Å². The van der Waals surface area contributed by atoms with Crippen LogP contribution in [0.2, 0.25) is 0 Å². The molecule has 1 heterocycles. The van der Waals surface area contributed by atoms with Crippen LogP contribution >= 0.6 is 0 Å². The molecule has 2 aromatic rings. The predicted octanol–water partition coefficient (Wildman–Crippen LogP) is -1.15. The van der Waals surface area contributed by atoms with Gasteiger partial charge in [0.1, 0.15) is 11.0 Å². The van der Waals surface area contributed by atoms with E-state index in [1.165, 1.54) is 0 Å². The topological polar surface area (TPSA) is 132 Å². The Morgan fingerprint density at radius 1 is 1.39 bits per heavy atom. The van der Waals surface area contributed by atoms with E-state index in [0.717, 1.165) is 4.85 Å². The maximum absolute atomic E-state index is 12.1. The number of rotatable bonds is 6. The van der Waals surface area contributed by atoms with Gasteiger partial charge in [-0.2, -0.15) is 0 Å². The number of nitrogens with zero attached hydrogens (tertiary/aromatic N) is 3. The maximum Gasteiger partial charge on any atom is 0.359 e. The summed E-state index contributed by atoms with van der Waals surface area (Å²) in [5, 5.41) is 19.2. The Hall–Kier alpha value is -2.52. The van der Waals surface area contributed by atoms with Crippen molar-refractivity contribution in [2.24, 2.45) is 11.7 Å². The average Bonchev–Trinajstić information content (AvgIpc) is 2.94. The van der Waals surface area contributed by atoms with Crippen molar-refractivity contribution in [3.8, 4) is 0 Å². The maximum atomic E-state index is 12.1. The number of hydrogen-bond donors (Lipinski definition) is 3.